The lowest BCUT2D eigenvalue weighted by molar-refractivity contribution is 0.923. The van der Waals surface area contributed by atoms with Crippen molar-refractivity contribution in [2.75, 3.05) is 0 Å². The summed E-state index contributed by atoms with van der Waals surface area (Å²) in [6.45, 7) is 8.28. The summed E-state index contributed by atoms with van der Waals surface area (Å²) in [4.78, 5) is 0. The zero-order valence-corrected chi connectivity index (χ0v) is 9.09. The molecule has 0 spiro atoms. The van der Waals surface area contributed by atoms with Crippen LogP contribution in [0.2, 0.25) is 0 Å². The smallest absolute Gasteiger partial charge is 0.00102 e. The highest BCUT2D eigenvalue weighted by molar-refractivity contribution is 5.39. The quantitative estimate of drug-likeness (QED) is 0.622. The van der Waals surface area contributed by atoms with Gasteiger partial charge in [-0.2, -0.15) is 0 Å². The van der Waals surface area contributed by atoms with Crippen LogP contribution < -0.4 is 0 Å². The van der Waals surface area contributed by atoms with E-state index in [2.05, 4.69) is 38.6 Å². The van der Waals surface area contributed by atoms with Crippen LogP contribution >= 0.6 is 0 Å². The summed E-state index contributed by atoms with van der Waals surface area (Å²) in [6, 6.07) is 6.86. The molecule has 0 nitrogen and oxygen atoms in total. The van der Waals surface area contributed by atoms with Crippen LogP contribution in [0.1, 0.15) is 48.3 Å². The molecule has 0 radical (unpaired) electrons. The van der Waals surface area contributed by atoms with E-state index in [9.17, 15) is 0 Å². The van der Waals surface area contributed by atoms with E-state index in [0.29, 0.717) is 5.92 Å². The molecule has 0 amide bonds. The van der Waals surface area contributed by atoms with Gasteiger partial charge in [-0.25, -0.2) is 0 Å². The van der Waals surface area contributed by atoms with E-state index in [0.717, 1.165) is 5.92 Å². The molecule has 1 aromatic rings. The maximum atomic E-state index is 3.89. The molecular weight excluding hydrogens is 168 g/mol. The lowest BCUT2D eigenvalue weighted by Crippen LogP contribution is -1.96. The molecule has 1 saturated carbocycles. The highest BCUT2D eigenvalue weighted by atomic mass is 14.3. The molecule has 0 aliphatic heterocycles. The van der Waals surface area contributed by atoms with Gasteiger partial charge >= 0.3 is 0 Å². The number of hydrogen-bond acceptors (Lipinski definition) is 0. The Morgan fingerprint density at radius 2 is 2.14 bits per heavy atom. The Morgan fingerprint density at radius 1 is 1.43 bits per heavy atom. The zero-order valence-electron chi connectivity index (χ0n) is 9.09. The van der Waals surface area contributed by atoms with Crippen LogP contribution in [-0.4, -0.2) is 0 Å². The van der Waals surface area contributed by atoms with Crippen molar-refractivity contribution in [3.63, 3.8) is 0 Å². The van der Waals surface area contributed by atoms with Crippen molar-refractivity contribution >= 4 is 0 Å². The van der Waals surface area contributed by atoms with Crippen LogP contribution in [-0.2, 0) is 0 Å². The van der Waals surface area contributed by atoms with Crippen LogP contribution in [0.25, 0.3) is 0 Å². The predicted octanol–water partition coefficient (Wildman–Crippen LogP) is 4.16. The minimum atomic E-state index is 0.491. The summed E-state index contributed by atoms with van der Waals surface area (Å²) in [5, 5.41) is 0. The van der Waals surface area contributed by atoms with Crippen molar-refractivity contribution in [1.82, 2.24) is 0 Å². The fraction of sp³-hybridized carbons (Fsp3) is 0.429. The van der Waals surface area contributed by atoms with E-state index in [4.69, 9.17) is 0 Å². The maximum absolute atomic E-state index is 3.89. The molecular formula is C14H18. The number of hydrogen-bond donors (Lipinski definition) is 0. The Labute approximate surface area is 86.7 Å². The molecule has 1 aliphatic rings. The Morgan fingerprint density at radius 3 is 2.71 bits per heavy atom. The molecule has 0 heterocycles. The molecule has 74 valence electrons. The second-order valence-corrected chi connectivity index (χ2v) is 4.43. The molecule has 0 N–H and O–H groups in total. The van der Waals surface area contributed by atoms with Gasteiger partial charge in [-0.1, -0.05) is 36.8 Å². The number of allylic oxidation sites excluding steroid dienone is 1. The topological polar surface area (TPSA) is 0 Å². The van der Waals surface area contributed by atoms with Crippen molar-refractivity contribution in [2.45, 2.75) is 38.5 Å². The van der Waals surface area contributed by atoms with Gasteiger partial charge in [-0.3, -0.25) is 0 Å². The minimum absolute atomic E-state index is 0.491. The van der Waals surface area contributed by atoms with Gasteiger partial charge in [-0.15, -0.1) is 6.58 Å². The monoisotopic (exact) mass is 186 g/mol. The SMILES string of the molecule is C=CC(C)c1cc(C)ccc1C1CC1. The van der Waals surface area contributed by atoms with E-state index in [-0.39, 0.29) is 0 Å². The Balaban J connectivity index is 2.42. The summed E-state index contributed by atoms with van der Waals surface area (Å²) in [5.74, 6) is 1.33. The highest BCUT2D eigenvalue weighted by Gasteiger charge is 2.26. The summed E-state index contributed by atoms with van der Waals surface area (Å²) in [5.41, 5.74) is 4.41. The second-order valence-electron chi connectivity index (χ2n) is 4.43. The van der Waals surface area contributed by atoms with Crippen LogP contribution in [0.3, 0.4) is 0 Å². The largest absolute Gasteiger partial charge is 0.102 e. The molecule has 14 heavy (non-hydrogen) atoms. The molecule has 1 aliphatic carbocycles. The number of rotatable bonds is 3. The van der Waals surface area contributed by atoms with Gasteiger partial charge in [0.15, 0.2) is 0 Å². The lowest BCUT2D eigenvalue weighted by Gasteiger charge is -2.13. The van der Waals surface area contributed by atoms with Gasteiger partial charge in [0, 0.05) is 0 Å². The van der Waals surface area contributed by atoms with Gasteiger partial charge in [0.2, 0.25) is 0 Å². The third-order valence-corrected chi connectivity index (χ3v) is 3.10. The van der Waals surface area contributed by atoms with Crippen molar-refractivity contribution in [3.8, 4) is 0 Å². The molecule has 1 unspecified atom stereocenters. The maximum Gasteiger partial charge on any atom is -0.00102 e. The average molecular weight is 186 g/mol. The third kappa shape index (κ3) is 1.75. The molecule has 1 atom stereocenters. The van der Waals surface area contributed by atoms with Gasteiger partial charge in [0.1, 0.15) is 0 Å². The second kappa shape index (κ2) is 3.61. The van der Waals surface area contributed by atoms with Gasteiger partial charge in [-0.05, 0) is 42.7 Å². The Kier molecular flexibility index (Phi) is 2.45. The minimum Gasteiger partial charge on any atom is -0.102 e. The molecule has 1 fully saturated rings. The number of benzene rings is 1. The van der Waals surface area contributed by atoms with Crippen molar-refractivity contribution in [2.24, 2.45) is 0 Å². The summed E-state index contributed by atoms with van der Waals surface area (Å²) in [7, 11) is 0. The van der Waals surface area contributed by atoms with Crippen molar-refractivity contribution < 1.29 is 0 Å². The molecule has 0 saturated heterocycles. The normalized spacial score (nSPS) is 17.9. The fourth-order valence-electron chi connectivity index (χ4n) is 1.98. The summed E-state index contributed by atoms with van der Waals surface area (Å²) < 4.78 is 0. The zero-order chi connectivity index (χ0) is 10.1. The molecule has 2 rings (SSSR count). The third-order valence-electron chi connectivity index (χ3n) is 3.10. The standard InChI is InChI=1S/C14H18/c1-4-11(3)14-9-10(2)5-8-13(14)12-6-7-12/h4-5,8-9,11-12H,1,6-7H2,2-3H3. The summed E-state index contributed by atoms with van der Waals surface area (Å²) in [6.07, 6.45) is 4.79. The van der Waals surface area contributed by atoms with E-state index in [1.165, 1.54) is 24.0 Å². The van der Waals surface area contributed by atoms with Crippen LogP contribution in [0.15, 0.2) is 30.9 Å². The Bertz CT molecular complexity index is 345. The van der Waals surface area contributed by atoms with Gasteiger partial charge < -0.3 is 0 Å². The van der Waals surface area contributed by atoms with E-state index < -0.39 is 0 Å². The van der Waals surface area contributed by atoms with Gasteiger partial charge in [0.25, 0.3) is 0 Å². The van der Waals surface area contributed by atoms with Crippen LogP contribution in [0.4, 0.5) is 0 Å². The van der Waals surface area contributed by atoms with Gasteiger partial charge in [0.05, 0.1) is 0 Å². The number of aryl methyl sites for hydroxylation is 1. The molecule has 1 aromatic carbocycles. The summed E-state index contributed by atoms with van der Waals surface area (Å²) >= 11 is 0. The van der Waals surface area contributed by atoms with E-state index in [1.54, 1.807) is 5.56 Å². The first-order valence-corrected chi connectivity index (χ1v) is 5.45. The van der Waals surface area contributed by atoms with E-state index in [1.807, 2.05) is 6.08 Å². The Hall–Kier alpha value is -1.04. The molecule has 0 bridgehead atoms. The highest BCUT2D eigenvalue weighted by Crippen LogP contribution is 2.43. The first-order valence-electron chi connectivity index (χ1n) is 5.45. The van der Waals surface area contributed by atoms with E-state index >= 15 is 0 Å². The molecule has 0 aromatic heterocycles. The first kappa shape index (κ1) is 9.51. The first-order chi connectivity index (χ1) is 6.72. The van der Waals surface area contributed by atoms with Crippen molar-refractivity contribution in [1.29, 1.82) is 0 Å². The predicted molar refractivity (Wildman–Crippen MR) is 61.8 cm³/mol. The van der Waals surface area contributed by atoms with Crippen LogP contribution in [0.5, 0.6) is 0 Å². The fourth-order valence-corrected chi connectivity index (χ4v) is 1.98. The molecule has 0 heteroatoms. The van der Waals surface area contributed by atoms with Crippen LogP contribution in [0, 0.1) is 6.92 Å². The average Bonchev–Trinajstić information content (AvgIpc) is 3.00. The van der Waals surface area contributed by atoms with Crippen molar-refractivity contribution in [3.05, 3.63) is 47.5 Å². The lowest BCUT2D eigenvalue weighted by atomic mass is 9.92.